The van der Waals surface area contributed by atoms with Crippen LogP contribution >= 0.6 is 11.3 Å². The number of hydrogen-bond acceptors (Lipinski definition) is 7. The van der Waals surface area contributed by atoms with Crippen molar-refractivity contribution in [3.63, 3.8) is 0 Å². The zero-order chi connectivity index (χ0) is 14.7. The van der Waals surface area contributed by atoms with Crippen molar-refractivity contribution in [1.29, 1.82) is 0 Å². The molecule has 3 heterocycles. The van der Waals surface area contributed by atoms with Crippen LogP contribution in [-0.2, 0) is 6.42 Å². The first-order valence-electron chi connectivity index (χ1n) is 6.74. The van der Waals surface area contributed by atoms with Crippen molar-refractivity contribution < 1.29 is 4.74 Å². The van der Waals surface area contributed by atoms with Crippen molar-refractivity contribution in [2.75, 3.05) is 18.5 Å². The van der Waals surface area contributed by atoms with Crippen LogP contribution in [0.1, 0.15) is 17.5 Å². The Balaban J connectivity index is 1.76. The van der Waals surface area contributed by atoms with Gasteiger partial charge in [-0.15, -0.1) is 11.3 Å². The molecule has 2 N–H and O–H groups in total. The molecule has 7 nitrogen and oxygen atoms in total. The van der Waals surface area contributed by atoms with Crippen LogP contribution in [0, 0.1) is 6.92 Å². The molecule has 0 aliphatic carbocycles. The number of hydrogen-bond donors (Lipinski definition) is 2. The highest BCUT2D eigenvalue weighted by atomic mass is 32.1. The highest BCUT2D eigenvalue weighted by molar-refractivity contribution is 7.09. The van der Waals surface area contributed by atoms with E-state index in [-0.39, 0.29) is 0 Å². The lowest BCUT2D eigenvalue weighted by Gasteiger charge is -2.08. The van der Waals surface area contributed by atoms with Crippen LogP contribution in [0.2, 0.25) is 0 Å². The van der Waals surface area contributed by atoms with E-state index in [0.717, 1.165) is 24.0 Å². The summed E-state index contributed by atoms with van der Waals surface area (Å²) < 4.78 is 5.82. The third-order valence-corrected chi connectivity index (χ3v) is 4.02. The van der Waals surface area contributed by atoms with E-state index in [0.29, 0.717) is 24.1 Å². The van der Waals surface area contributed by atoms with Crippen molar-refractivity contribution in [3.05, 3.63) is 22.3 Å². The highest BCUT2D eigenvalue weighted by Crippen LogP contribution is 2.22. The van der Waals surface area contributed by atoms with E-state index in [1.165, 1.54) is 4.88 Å². The number of nitrogens with zero attached hydrogens (tertiary/aromatic N) is 4. The zero-order valence-electron chi connectivity index (χ0n) is 11.9. The molecule has 3 aromatic heterocycles. The minimum Gasteiger partial charge on any atom is -0.477 e. The van der Waals surface area contributed by atoms with E-state index in [1.807, 2.05) is 19.4 Å². The van der Waals surface area contributed by atoms with Gasteiger partial charge in [-0.2, -0.15) is 15.1 Å². The van der Waals surface area contributed by atoms with Gasteiger partial charge in [-0.05, 0) is 13.8 Å². The first-order valence-corrected chi connectivity index (χ1v) is 7.62. The molecule has 110 valence electrons. The van der Waals surface area contributed by atoms with Crippen molar-refractivity contribution >= 4 is 28.3 Å². The molecule has 0 spiro atoms. The van der Waals surface area contributed by atoms with E-state index < -0.39 is 0 Å². The number of ether oxygens (including phenoxy) is 1. The topological polar surface area (TPSA) is 88.6 Å². The van der Waals surface area contributed by atoms with Crippen LogP contribution in [-0.4, -0.2) is 38.3 Å². The van der Waals surface area contributed by atoms with Gasteiger partial charge in [-0.1, -0.05) is 0 Å². The van der Waals surface area contributed by atoms with Gasteiger partial charge in [0.1, 0.15) is 5.39 Å². The van der Waals surface area contributed by atoms with Crippen LogP contribution in [0.5, 0.6) is 5.88 Å². The van der Waals surface area contributed by atoms with Crippen molar-refractivity contribution in [2.45, 2.75) is 20.3 Å². The number of fused-ring (bicyclic) bond motifs is 1. The number of nitrogens with one attached hydrogen (secondary N) is 2. The Morgan fingerprint density at radius 1 is 1.38 bits per heavy atom. The molecule has 0 saturated heterocycles. The monoisotopic (exact) mass is 304 g/mol. The molecule has 8 heteroatoms. The van der Waals surface area contributed by atoms with Crippen LogP contribution in [0.3, 0.4) is 0 Å². The number of thiazole rings is 1. The largest absolute Gasteiger partial charge is 0.477 e. The molecule has 0 amide bonds. The summed E-state index contributed by atoms with van der Waals surface area (Å²) in [4.78, 5) is 14.2. The van der Waals surface area contributed by atoms with Gasteiger partial charge in [0, 0.05) is 17.8 Å². The van der Waals surface area contributed by atoms with Gasteiger partial charge in [-0.25, -0.2) is 4.98 Å². The molecular weight excluding hydrogens is 288 g/mol. The lowest BCUT2D eigenvalue weighted by Crippen LogP contribution is -2.07. The van der Waals surface area contributed by atoms with Crippen molar-refractivity contribution in [3.8, 4) is 5.88 Å². The minimum absolute atomic E-state index is 0.540. The molecule has 0 bridgehead atoms. The fourth-order valence-corrected chi connectivity index (χ4v) is 2.72. The highest BCUT2D eigenvalue weighted by Gasteiger charge is 2.11. The first kappa shape index (κ1) is 13.7. The number of aromatic amines is 1. The molecule has 0 radical (unpaired) electrons. The number of anilines is 1. The van der Waals surface area contributed by atoms with Crippen LogP contribution in [0.4, 0.5) is 5.95 Å². The average molecular weight is 304 g/mol. The average Bonchev–Trinajstić information content (AvgIpc) is 3.08. The number of aryl methyl sites for hydroxylation is 1. The summed E-state index contributed by atoms with van der Waals surface area (Å²) in [5.41, 5.74) is 3.59. The second-order valence-corrected chi connectivity index (χ2v) is 5.41. The normalized spacial score (nSPS) is 11.0. The maximum Gasteiger partial charge on any atom is 0.229 e. The Kier molecular flexibility index (Phi) is 3.96. The van der Waals surface area contributed by atoms with Crippen LogP contribution in [0.25, 0.3) is 11.0 Å². The van der Waals surface area contributed by atoms with Crippen LogP contribution in [0.15, 0.2) is 11.7 Å². The molecule has 0 fully saturated rings. The summed E-state index contributed by atoms with van der Waals surface area (Å²) in [6, 6.07) is 0. The summed E-state index contributed by atoms with van der Waals surface area (Å²) in [5.74, 6) is 1.09. The van der Waals surface area contributed by atoms with E-state index in [4.69, 9.17) is 4.74 Å². The molecular formula is C13H16N6OS. The second kappa shape index (κ2) is 6.04. The van der Waals surface area contributed by atoms with Crippen molar-refractivity contribution in [2.24, 2.45) is 0 Å². The molecule has 0 aromatic carbocycles. The van der Waals surface area contributed by atoms with Gasteiger partial charge < -0.3 is 10.1 Å². The second-order valence-electron chi connectivity index (χ2n) is 4.47. The maximum absolute atomic E-state index is 5.82. The van der Waals surface area contributed by atoms with E-state index in [1.54, 1.807) is 17.5 Å². The maximum atomic E-state index is 5.82. The first-order chi connectivity index (χ1) is 10.3. The predicted molar refractivity (Wildman–Crippen MR) is 81.9 cm³/mol. The summed E-state index contributed by atoms with van der Waals surface area (Å²) in [5, 5.41) is 10.7. The fraction of sp³-hybridized carbons (Fsp3) is 0.385. The molecule has 0 unspecified atom stereocenters. The third-order valence-electron chi connectivity index (χ3n) is 3.02. The Bertz CT molecular complexity index is 737. The van der Waals surface area contributed by atoms with Gasteiger partial charge in [0.15, 0.2) is 5.65 Å². The summed E-state index contributed by atoms with van der Waals surface area (Å²) in [6.07, 6.45) is 2.49. The van der Waals surface area contributed by atoms with Gasteiger partial charge in [0.2, 0.25) is 11.8 Å². The van der Waals surface area contributed by atoms with Crippen molar-refractivity contribution in [1.82, 2.24) is 25.1 Å². The van der Waals surface area contributed by atoms with E-state index in [2.05, 4.69) is 30.5 Å². The molecule has 0 aliphatic heterocycles. The number of rotatable bonds is 6. The molecule has 3 aromatic rings. The Morgan fingerprint density at radius 3 is 3.05 bits per heavy atom. The standard InChI is InChI=1S/C13H16N6OS/c1-3-14-13-17-11-9(6-16-19-11)12(18-13)20-5-4-10-8(2)15-7-21-10/h6-7H,3-5H2,1-2H3,(H2,14,16,17,18,19). The molecule has 21 heavy (non-hydrogen) atoms. The van der Waals surface area contributed by atoms with E-state index in [9.17, 15) is 0 Å². The zero-order valence-corrected chi connectivity index (χ0v) is 12.7. The molecule has 0 saturated carbocycles. The SMILES string of the molecule is CCNc1nc(OCCc2scnc2C)c2cn[nH]c2n1. The third kappa shape index (κ3) is 2.94. The molecule has 0 atom stereocenters. The van der Waals surface area contributed by atoms with E-state index >= 15 is 0 Å². The quantitative estimate of drug-likeness (QED) is 0.725. The van der Waals surface area contributed by atoms with Gasteiger partial charge in [0.05, 0.1) is 24.0 Å². The summed E-state index contributed by atoms with van der Waals surface area (Å²) in [7, 11) is 0. The number of H-pyrrole nitrogens is 1. The van der Waals surface area contributed by atoms with Gasteiger partial charge in [-0.3, -0.25) is 5.10 Å². The number of aromatic nitrogens is 5. The molecule has 0 aliphatic rings. The molecule has 3 rings (SSSR count). The minimum atomic E-state index is 0.540. The van der Waals surface area contributed by atoms with Gasteiger partial charge in [0.25, 0.3) is 0 Å². The summed E-state index contributed by atoms with van der Waals surface area (Å²) in [6.45, 7) is 5.30. The Hall–Kier alpha value is -2.22. The predicted octanol–water partition coefficient (Wildman–Crippen LogP) is 2.17. The van der Waals surface area contributed by atoms with Crippen LogP contribution < -0.4 is 10.1 Å². The Labute approximate surface area is 125 Å². The fourth-order valence-electron chi connectivity index (χ4n) is 1.96. The van der Waals surface area contributed by atoms with Gasteiger partial charge >= 0.3 is 0 Å². The summed E-state index contributed by atoms with van der Waals surface area (Å²) >= 11 is 1.65. The smallest absolute Gasteiger partial charge is 0.229 e. The lowest BCUT2D eigenvalue weighted by atomic mass is 10.3. The Morgan fingerprint density at radius 2 is 2.29 bits per heavy atom. The lowest BCUT2D eigenvalue weighted by molar-refractivity contribution is 0.314.